The Labute approximate surface area is 163 Å². The van der Waals surface area contributed by atoms with Crippen molar-refractivity contribution in [3.8, 4) is 0 Å². The third-order valence-corrected chi connectivity index (χ3v) is 6.16. The van der Waals surface area contributed by atoms with Crippen molar-refractivity contribution >= 4 is 13.7 Å². The van der Waals surface area contributed by atoms with E-state index in [9.17, 15) is 14.2 Å². The molecule has 0 spiro atoms. The van der Waals surface area contributed by atoms with E-state index in [-0.39, 0.29) is 12.5 Å². The van der Waals surface area contributed by atoms with Crippen LogP contribution < -0.4 is 11.2 Å². The van der Waals surface area contributed by atoms with Crippen molar-refractivity contribution in [1.29, 1.82) is 0 Å². The molecule has 3 atom stereocenters. The number of phosphoric ester groups is 1. The molecule has 10 heteroatoms. The van der Waals surface area contributed by atoms with Crippen LogP contribution in [0.1, 0.15) is 51.0 Å². The Hall–Kier alpha value is -1.67. The molecule has 3 heterocycles. The van der Waals surface area contributed by atoms with Crippen molar-refractivity contribution in [1.82, 2.24) is 9.55 Å². The average Bonchev–Trinajstić information content (AvgIpc) is 3.06. The fourth-order valence-corrected chi connectivity index (χ4v) is 4.45. The highest BCUT2D eigenvalue weighted by atomic mass is 31.2. The summed E-state index contributed by atoms with van der Waals surface area (Å²) in [5.41, 5.74) is -0.711. The number of hydrogen-bond acceptors (Lipinski definition) is 7. The van der Waals surface area contributed by atoms with Crippen LogP contribution >= 0.6 is 7.82 Å². The van der Waals surface area contributed by atoms with Crippen LogP contribution in [0.4, 0.5) is 0 Å². The lowest BCUT2D eigenvalue weighted by Crippen LogP contribution is -2.34. The van der Waals surface area contributed by atoms with Gasteiger partial charge in [-0.25, -0.2) is 13.9 Å². The second kappa shape index (κ2) is 9.22. The smallest absolute Gasteiger partial charge is 0.470 e. The molecule has 0 bridgehead atoms. The van der Waals surface area contributed by atoms with Crippen molar-refractivity contribution in [2.75, 3.05) is 13.2 Å². The molecule has 2 aliphatic heterocycles. The summed E-state index contributed by atoms with van der Waals surface area (Å²) < 4.78 is 35.7. The van der Waals surface area contributed by atoms with Crippen LogP contribution in [0.2, 0.25) is 0 Å². The van der Waals surface area contributed by atoms with Crippen LogP contribution in [0.3, 0.4) is 0 Å². The molecule has 9 nitrogen and oxygen atoms in total. The largest absolute Gasteiger partial charge is 0.475 e. The zero-order valence-electron chi connectivity index (χ0n) is 16.2. The lowest BCUT2D eigenvalue weighted by atomic mass is 10.1. The lowest BCUT2D eigenvalue weighted by molar-refractivity contribution is -0.0310. The summed E-state index contributed by atoms with van der Waals surface area (Å²) >= 11 is 0. The molecule has 1 fully saturated rings. The molecule has 1 saturated heterocycles. The lowest BCUT2D eigenvalue weighted by Gasteiger charge is -2.29. The standard InChI is InChI=1S/C18H27N2O7P/c1-3-4-5-6-7-8-9-24-28(23)25-12-15-14(27-28)10-16(26-15)20-11-13(2)17(21)19-18(20)22/h10-11,14-15H,3-9,12H2,1-2H3,(H,19,21,22)/t14-,15+,28?/m0/s1. The number of nitrogens with one attached hydrogen (secondary N) is 1. The number of H-pyrrole nitrogens is 1. The molecule has 28 heavy (non-hydrogen) atoms. The quantitative estimate of drug-likeness (QED) is 0.489. The van der Waals surface area contributed by atoms with Gasteiger partial charge in [-0.3, -0.25) is 23.3 Å². The Bertz CT molecular complexity index is 875. The van der Waals surface area contributed by atoms with Gasteiger partial charge in [-0.2, -0.15) is 0 Å². The molecule has 0 aliphatic carbocycles. The van der Waals surface area contributed by atoms with Crippen LogP contribution in [0.25, 0.3) is 5.88 Å². The molecule has 2 aliphatic rings. The summed E-state index contributed by atoms with van der Waals surface area (Å²) in [6, 6.07) is 0. The van der Waals surface area contributed by atoms with Crippen LogP contribution in [0.5, 0.6) is 0 Å². The maximum Gasteiger partial charge on any atom is 0.475 e. The number of hydrogen-bond donors (Lipinski definition) is 1. The molecule has 1 aromatic rings. The van der Waals surface area contributed by atoms with Gasteiger partial charge in [0.05, 0.1) is 13.2 Å². The molecule has 1 N–H and O–H groups in total. The number of rotatable bonds is 9. The summed E-state index contributed by atoms with van der Waals surface area (Å²) in [6.07, 6.45) is 8.28. The second-order valence-electron chi connectivity index (χ2n) is 7.02. The number of unbranched alkanes of at least 4 members (excludes halogenated alkanes) is 5. The number of nitrogens with zero attached hydrogens (tertiary/aromatic N) is 1. The van der Waals surface area contributed by atoms with E-state index < -0.39 is 31.3 Å². The van der Waals surface area contributed by atoms with E-state index in [1.54, 1.807) is 13.0 Å². The first-order valence-electron chi connectivity index (χ1n) is 9.71. The summed E-state index contributed by atoms with van der Waals surface area (Å²) in [5.74, 6) is 0.201. The van der Waals surface area contributed by atoms with Gasteiger partial charge in [0.15, 0.2) is 6.10 Å². The highest BCUT2D eigenvalue weighted by Gasteiger charge is 2.45. The third kappa shape index (κ3) is 5.03. The van der Waals surface area contributed by atoms with Crippen LogP contribution in [0, 0.1) is 6.92 Å². The normalized spacial score (nSPS) is 26.6. The zero-order chi connectivity index (χ0) is 20.1. The fraction of sp³-hybridized carbons (Fsp3) is 0.667. The van der Waals surface area contributed by atoms with Crippen molar-refractivity contribution in [3.05, 3.63) is 38.7 Å². The third-order valence-electron chi connectivity index (χ3n) is 4.70. The number of ether oxygens (including phenoxy) is 1. The van der Waals surface area contributed by atoms with Gasteiger partial charge in [-0.15, -0.1) is 0 Å². The van der Waals surface area contributed by atoms with Gasteiger partial charge in [0.1, 0.15) is 6.10 Å². The highest BCUT2D eigenvalue weighted by Crippen LogP contribution is 2.55. The van der Waals surface area contributed by atoms with Crippen LogP contribution in [-0.2, 0) is 22.9 Å². The summed E-state index contributed by atoms with van der Waals surface area (Å²) in [5, 5.41) is 0. The summed E-state index contributed by atoms with van der Waals surface area (Å²) in [4.78, 5) is 25.7. The Morgan fingerprint density at radius 2 is 2.00 bits per heavy atom. The fourth-order valence-electron chi connectivity index (χ4n) is 3.07. The topological polar surface area (TPSA) is 109 Å². The molecular formula is C18H27N2O7P. The van der Waals surface area contributed by atoms with E-state index in [2.05, 4.69) is 11.9 Å². The van der Waals surface area contributed by atoms with Gasteiger partial charge in [0.2, 0.25) is 5.88 Å². The van der Waals surface area contributed by atoms with Gasteiger partial charge >= 0.3 is 13.5 Å². The molecule has 0 amide bonds. The van der Waals surface area contributed by atoms with Crippen molar-refractivity contribution < 1.29 is 22.9 Å². The molecule has 3 rings (SSSR count). The van der Waals surface area contributed by atoms with E-state index in [0.717, 1.165) is 19.3 Å². The monoisotopic (exact) mass is 414 g/mol. The number of aryl methyl sites for hydroxylation is 1. The predicted molar refractivity (Wildman–Crippen MR) is 103 cm³/mol. The first kappa shape index (κ1) is 21.0. The van der Waals surface area contributed by atoms with Crippen molar-refractivity contribution in [2.24, 2.45) is 0 Å². The van der Waals surface area contributed by atoms with Gasteiger partial charge < -0.3 is 4.74 Å². The minimum atomic E-state index is -3.66. The van der Waals surface area contributed by atoms with E-state index in [1.807, 2.05) is 0 Å². The Balaban J connectivity index is 1.57. The summed E-state index contributed by atoms with van der Waals surface area (Å²) in [7, 11) is -3.66. The molecule has 0 saturated carbocycles. The van der Waals surface area contributed by atoms with Gasteiger partial charge in [0.25, 0.3) is 5.56 Å². The van der Waals surface area contributed by atoms with Gasteiger partial charge in [-0.05, 0) is 13.3 Å². The molecule has 0 aromatic carbocycles. The first-order chi connectivity index (χ1) is 13.4. The minimum Gasteiger partial charge on any atom is -0.470 e. The van der Waals surface area contributed by atoms with Crippen LogP contribution in [0.15, 0.2) is 21.9 Å². The second-order valence-corrected chi connectivity index (χ2v) is 8.64. The first-order valence-corrected chi connectivity index (χ1v) is 11.2. The highest BCUT2D eigenvalue weighted by molar-refractivity contribution is 7.48. The van der Waals surface area contributed by atoms with Crippen molar-refractivity contribution in [2.45, 2.75) is 64.6 Å². The maximum atomic E-state index is 12.7. The number of fused-ring (bicyclic) bond motifs is 1. The molecule has 156 valence electrons. The Morgan fingerprint density at radius 1 is 1.25 bits per heavy atom. The molecule has 1 unspecified atom stereocenters. The number of aromatic nitrogens is 2. The van der Waals surface area contributed by atoms with E-state index in [0.29, 0.717) is 12.2 Å². The van der Waals surface area contributed by atoms with Gasteiger partial charge in [-0.1, -0.05) is 39.0 Å². The van der Waals surface area contributed by atoms with Gasteiger partial charge in [0, 0.05) is 17.8 Å². The number of aromatic amines is 1. The van der Waals surface area contributed by atoms with E-state index in [4.69, 9.17) is 18.3 Å². The number of phosphoric acid groups is 1. The Morgan fingerprint density at radius 3 is 2.79 bits per heavy atom. The molecular weight excluding hydrogens is 387 g/mol. The van der Waals surface area contributed by atoms with E-state index >= 15 is 0 Å². The SMILES string of the molecule is CCCCCCCCOP1(=O)OC[C@H]2OC(n3cc(C)c(=O)[nH]c3=O)=C[C@@H]2O1. The summed E-state index contributed by atoms with van der Waals surface area (Å²) in [6.45, 7) is 4.08. The molecule has 0 radical (unpaired) electrons. The average molecular weight is 414 g/mol. The molecule has 1 aromatic heterocycles. The van der Waals surface area contributed by atoms with Crippen molar-refractivity contribution in [3.63, 3.8) is 0 Å². The Kier molecular flexibility index (Phi) is 6.93. The van der Waals surface area contributed by atoms with E-state index in [1.165, 1.54) is 30.0 Å². The predicted octanol–water partition coefficient (Wildman–Crippen LogP) is 2.94. The minimum absolute atomic E-state index is 0.0233. The zero-order valence-corrected chi connectivity index (χ0v) is 17.1. The van der Waals surface area contributed by atoms with Crippen LogP contribution in [-0.4, -0.2) is 35.0 Å². The maximum absolute atomic E-state index is 12.7.